The molecule has 1 aromatic heterocycles. The molecule has 1 aliphatic heterocycles. The minimum atomic E-state index is -0.565. The number of halogens is 2. The smallest absolute Gasteiger partial charge is 0.129 e. The zero-order chi connectivity index (χ0) is 18.9. The highest BCUT2D eigenvalue weighted by Crippen LogP contribution is 2.36. The molecular formula is C22H23F2NOS. The minimum absolute atomic E-state index is 0.00668. The Balaban J connectivity index is 1.50. The van der Waals surface area contributed by atoms with E-state index in [9.17, 15) is 13.9 Å². The van der Waals surface area contributed by atoms with Gasteiger partial charge in [-0.2, -0.15) is 0 Å². The molecule has 0 spiro atoms. The van der Waals surface area contributed by atoms with Crippen molar-refractivity contribution < 1.29 is 13.9 Å². The second-order valence-corrected chi connectivity index (χ2v) is 8.80. The van der Waals surface area contributed by atoms with E-state index in [-0.39, 0.29) is 12.0 Å². The molecule has 4 rings (SSSR count). The van der Waals surface area contributed by atoms with Gasteiger partial charge in [0, 0.05) is 34.1 Å². The van der Waals surface area contributed by atoms with E-state index in [1.165, 1.54) is 27.1 Å². The van der Waals surface area contributed by atoms with Crippen LogP contribution in [0.15, 0.2) is 48.5 Å². The topological polar surface area (TPSA) is 23.5 Å². The molecule has 1 fully saturated rings. The Bertz CT molecular complexity index is 908. The number of aliphatic hydroxyl groups excluding tert-OH is 1. The minimum Gasteiger partial charge on any atom is -0.396 e. The summed E-state index contributed by atoms with van der Waals surface area (Å²) in [5, 5.41) is 11.4. The van der Waals surface area contributed by atoms with E-state index in [1.54, 1.807) is 11.3 Å². The van der Waals surface area contributed by atoms with Crippen LogP contribution < -0.4 is 0 Å². The Morgan fingerprint density at radius 2 is 1.96 bits per heavy atom. The van der Waals surface area contributed by atoms with Crippen LogP contribution in [0.4, 0.5) is 8.78 Å². The molecule has 1 saturated heterocycles. The molecule has 27 heavy (non-hydrogen) atoms. The lowest BCUT2D eigenvalue weighted by Crippen LogP contribution is -2.46. The van der Waals surface area contributed by atoms with Crippen LogP contribution in [0.1, 0.15) is 23.3 Å². The van der Waals surface area contributed by atoms with Crippen molar-refractivity contribution >= 4 is 21.4 Å². The van der Waals surface area contributed by atoms with Gasteiger partial charge in [-0.25, -0.2) is 8.78 Å². The first-order valence-electron chi connectivity index (χ1n) is 9.32. The molecule has 142 valence electrons. The lowest BCUT2D eigenvalue weighted by molar-refractivity contribution is 0.0287. The summed E-state index contributed by atoms with van der Waals surface area (Å²) in [7, 11) is 0. The van der Waals surface area contributed by atoms with Crippen molar-refractivity contribution in [1.29, 1.82) is 0 Å². The number of thiophene rings is 1. The molecule has 1 atom stereocenters. The van der Waals surface area contributed by atoms with Crippen molar-refractivity contribution in [3.63, 3.8) is 0 Å². The third kappa shape index (κ3) is 4.05. The van der Waals surface area contributed by atoms with E-state index in [0.717, 1.165) is 32.0 Å². The average molecular weight is 387 g/mol. The number of hydrogen-bond acceptors (Lipinski definition) is 3. The predicted octanol–water partition coefficient (Wildman–Crippen LogP) is 5.00. The maximum Gasteiger partial charge on any atom is 0.129 e. The molecule has 1 aliphatic rings. The van der Waals surface area contributed by atoms with Crippen molar-refractivity contribution in [2.45, 2.75) is 25.8 Å². The molecule has 2 heterocycles. The molecule has 1 N–H and O–H groups in total. The molecule has 3 aromatic rings. The quantitative estimate of drug-likeness (QED) is 0.666. The third-order valence-electron chi connectivity index (χ3n) is 5.51. The van der Waals surface area contributed by atoms with Crippen molar-refractivity contribution in [3.8, 4) is 0 Å². The fraction of sp³-hybridized carbons (Fsp3) is 0.364. The largest absolute Gasteiger partial charge is 0.396 e. The lowest BCUT2D eigenvalue weighted by Gasteiger charge is -2.42. The Labute approximate surface area is 162 Å². The summed E-state index contributed by atoms with van der Waals surface area (Å²) in [6, 6.07) is 14.3. The van der Waals surface area contributed by atoms with Gasteiger partial charge >= 0.3 is 0 Å². The summed E-state index contributed by atoms with van der Waals surface area (Å²) in [5.74, 6) is -1.09. The molecule has 2 nitrogen and oxygen atoms in total. The van der Waals surface area contributed by atoms with Crippen molar-refractivity contribution in [2.24, 2.45) is 5.41 Å². The number of piperidine rings is 1. The van der Waals surface area contributed by atoms with Gasteiger partial charge in [-0.15, -0.1) is 11.3 Å². The van der Waals surface area contributed by atoms with Crippen LogP contribution in [0.25, 0.3) is 10.1 Å². The lowest BCUT2D eigenvalue weighted by atomic mass is 9.75. The van der Waals surface area contributed by atoms with Crippen LogP contribution >= 0.6 is 11.3 Å². The molecule has 0 radical (unpaired) electrons. The number of likely N-dealkylation sites (tertiary alicyclic amines) is 1. The van der Waals surface area contributed by atoms with Crippen molar-refractivity contribution in [2.75, 3.05) is 19.7 Å². The van der Waals surface area contributed by atoms with E-state index >= 15 is 0 Å². The number of hydrogen-bond donors (Lipinski definition) is 1. The van der Waals surface area contributed by atoms with E-state index < -0.39 is 11.6 Å². The van der Waals surface area contributed by atoms with Gasteiger partial charge in [0.2, 0.25) is 0 Å². The molecule has 0 bridgehead atoms. The summed E-state index contributed by atoms with van der Waals surface area (Å²) in [5.41, 5.74) is 0.0994. The highest BCUT2D eigenvalue weighted by Gasteiger charge is 2.36. The summed E-state index contributed by atoms with van der Waals surface area (Å²) in [4.78, 5) is 3.66. The molecule has 5 heteroatoms. The Morgan fingerprint density at radius 1 is 1.11 bits per heavy atom. The van der Waals surface area contributed by atoms with E-state index in [2.05, 4.69) is 29.2 Å². The molecule has 0 saturated carbocycles. The van der Waals surface area contributed by atoms with Gasteiger partial charge in [0.25, 0.3) is 0 Å². The molecule has 1 unspecified atom stereocenters. The fourth-order valence-corrected chi connectivity index (χ4v) is 5.29. The summed E-state index contributed by atoms with van der Waals surface area (Å²) >= 11 is 1.80. The number of nitrogens with zero attached hydrogens (tertiary/aromatic N) is 1. The monoisotopic (exact) mass is 387 g/mol. The second-order valence-electron chi connectivity index (χ2n) is 7.64. The average Bonchev–Trinajstić information content (AvgIpc) is 3.06. The first kappa shape index (κ1) is 18.5. The Hall–Kier alpha value is -1.82. The summed E-state index contributed by atoms with van der Waals surface area (Å²) in [6.07, 6.45) is 2.25. The van der Waals surface area contributed by atoms with Gasteiger partial charge in [-0.05, 0) is 55.0 Å². The van der Waals surface area contributed by atoms with E-state index in [1.807, 2.05) is 6.07 Å². The zero-order valence-corrected chi connectivity index (χ0v) is 15.9. The van der Waals surface area contributed by atoms with Gasteiger partial charge < -0.3 is 5.11 Å². The number of benzene rings is 2. The van der Waals surface area contributed by atoms with E-state index in [4.69, 9.17) is 0 Å². The maximum absolute atomic E-state index is 14.1. The predicted molar refractivity (Wildman–Crippen MR) is 106 cm³/mol. The van der Waals surface area contributed by atoms with Crippen molar-refractivity contribution in [1.82, 2.24) is 4.90 Å². The summed E-state index contributed by atoms with van der Waals surface area (Å²) in [6.45, 7) is 2.54. The third-order valence-corrected chi connectivity index (χ3v) is 6.61. The van der Waals surface area contributed by atoms with Gasteiger partial charge in [0.05, 0.1) is 6.61 Å². The van der Waals surface area contributed by atoms with Gasteiger partial charge in [0.15, 0.2) is 0 Å². The first-order chi connectivity index (χ1) is 13.1. The van der Waals surface area contributed by atoms with Gasteiger partial charge in [-0.1, -0.05) is 24.3 Å². The van der Waals surface area contributed by atoms with E-state index in [0.29, 0.717) is 18.5 Å². The van der Waals surface area contributed by atoms with Crippen LogP contribution in [0.5, 0.6) is 0 Å². The normalized spacial score (nSPS) is 21.0. The van der Waals surface area contributed by atoms with Crippen LogP contribution in [0.3, 0.4) is 0 Å². The Kier molecular flexibility index (Phi) is 5.26. The molecule has 0 amide bonds. The van der Waals surface area contributed by atoms with Crippen LogP contribution in [-0.4, -0.2) is 29.7 Å². The fourth-order valence-electron chi connectivity index (χ4n) is 4.18. The SMILES string of the molecule is OCC1(Cc2ccc(F)cc2F)CCCN(Cc2cc3ccccc3s2)C1. The van der Waals surface area contributed by atoms with Crippen LogP contribution in [0, 0.1) is 17.0 Å². The van der Waals surface area contributed by atoms with Crippen LogP contribution in [0.2, 0.25) is 0 Å². The van der Waals surface area contributed by atoms with Crippen LogP contribution in [-0.2, 0) is 13.0 Å². The highest BCUT2D eigenvalue weighted by atomic mass is 32.1. The number of aliphatic hydroxyl groups is 1. The van der Waals surface area contributed by atoms with Gasteiger partial charge in [-0.3, -0.25) is 4.90 Å². The molecule has 2 aromatic carbocycles. The standard InChI is InChI=1S/C22H23F2NOS/c23-18-7-6-17(20(24)11-18)12-22(15-26)8-3-9-25(14-22)13-19-10-16-4-1-2-5-21(16)27-19/h1-2,4-7,10-11,26H,3,8-9,12-15H2. The number of fused-ring (bicyclic) bond motifs is 1. The molecule has 0 aliphatic carbocycles. The molecular weight excluding hydrogens is 364 g/mol. The Morgan fingerprint density at radius 3 is 2.74 bits per heavy atom. The summed E-state index contributed by atoms with van der Waals surface area (Å²) < 4.78 is 28.6. The maximum atomic E-state index is 14.1. The van der Waals surface area contributed by atoms with Crippen molar-refractivity contribution in [3.05, 3.63) is 70.6 Å². The highest BCUT2D eigenvalue weighted by molar-refractivity contribution is 7.19. The second kappa shape index (κ2) is 7.66. The van der Waals surface area contributed by atoms with Gasteiger partial charge in [0.1, 0.15) is 11.6 Å². The zero-order valence-electron chi connectivity index (χ0n) is 15.1. The first-order valence-corrected chi connectivity index (χ1v) is 10.1. The number of rotatable bonds is 5.